The highest BCUT2D eigenvalue weighted by Crippen LogP contribution is 2.42. The lowest BCUT2D eigenvalue weighted by atomic mass is 9.69. The maximum atomic E-state index is 10.6. The Balaban J connectivity index is 2.20. The van der Waals surface area contributed by atoms with Crippen molar-refractivity contribution in [2.24, 2.45) is 0 Å². The van der Waals surface area contributed by atoms with Crippen LogP contribution in [-0.4, -0.2) is 21.0 Å². The normalized spacial score (nSPS) is 22.6. The van der Waals surface area contributed by atoms with Gasteiger partial charge in [0, 0.05) is 23.4 Å². The molecule has 1 heterocycles. The number of nitrogens with one attached hydrogen (secondary N) is 1. The van der Waals surface area contributed by atoms with E-state index in [9.17, 15) is 4.79 Å². The second kappa shape index (κ2) is 8.65. The van der Waals surface area contributed by atoms with E-state index in [0.29, 0.717) is 5.57 Å². The van der Waals surface area contributed by atoms with Crippen molar-refractivity contribution < 1.29 is 9.90 Å². The number of rotatable bonds is 6. The number of allylic oxidation sites excluding steroid dienone is 9. The zero-order chi connectivity index (χ0) is 19.2. The number of imidazole rings is 1. The van der Waals surface area contributed by atoms with Gasteiger partial charge in [0.15, 0.2) is 0 Å². The molecule has 0 saturated carbocycles. The molecule has 26 heavy (non-hydrogen) atoms. The topological polar surface area (TPSA) is 66.0 Å². The number of aromatic amines is 1. The first-order valence-electron chi connectivity index (χ1n) is 8.96. The van der Waals surface area contributed by atoms with Gasteiger partial charge in [0.25, 0.3) is 0 Å². The highest BCUT2D eigenvalue weighted by Gasteiger charge is 2.34. The fourth-order valence-electron chi connectivity index (χ4n) is 3.48. The summed E-state index contributed by atoms with van der Waals surface area (Å²) in [5.74, 6) is -0.925. The second-order valence-corrected chi connectivity index (χ2v) is 7.17. The van der Waals surface area contributed by atoms with Crippen LogP contribution in [0, 0.1) is 0 Å². The molecule has 1 aromatic heterocycles. The third-order valence-electron chi connectivity index (χ3n) is 4.96. The third-order valence-corrected chi connectivity index (χ3v) is 4.96. The number of carbonyl (C=O) groups is 1. The monoisotopic (exact) mass is 352 g/mol. The van der Waals surface area contributed by atoms with Crippen molar-refractivity contribution >= 4 is 5.97 Å². The van der Waals surface area contributed by atoms with Crippen molar-refractivity contribution in [3.8, 4) is 0 Å². The number of hydrogen-bond donors (Lipinski definition) is 2. The molecule has 0 unspecified atom stereocenters. The number of aromatic nitrogens is 2. The Kier molecular flexibility index (Phi) is 6.56. The molecule has 4 nitrogen and oxygen atoms in total. The molecule has 1 aliphatic carbocycles. The zero-order valence-corrected chi connectivity index (χ0v) is 16.0. The summed E-state index contributed by atoms with van der Waals surface area (Å²) in [5, 5.41) is 8.72. The maximum absolute atomic E-state index is 10.6. The summed E-state index contributed by atoms with van der Waals surface area (Å²) in [6.45, 7) is 8.31. The summed E-state index contributed by atoms with van der Waals surface area (Å²) in [4.78, 5) is 18.1. The predicted molar refractivity (Wildman–Crippen MR) is 106 cm³/mol. The second-order valence-electron chi connectivity index (χ2n) is 7.17. The largest absolute Gasteiger partial charge is 0.478 e. The number of carboxylic acid groups (broad SMARTS) is 1. The summed E-state index contributed by atoms with van der Waals surface area (Å²) < 4.78 is 0. The Morgan fingerprint density at radius 2 is 2.08 bits per heavy atom. The van der Waals surface area contributed by atoms with Crippen molar-refractivity contribution in [1.29, 1.82) is 0 Å². The summed E-state index contributed by atoms with van der Waals surface area (Å²) in [5.41, 5.74) is 5.73. The van der Waals surface area contributed by atoms with Crippen LogP contribution in [0.5, 0.6) is 0 Å². The van der Waals surface area contributed by atoms with Gasteiger partial charge in [-0.2, -0.15) is 0 Å². The molecule has 138 valence electrons. The lowest BCUT2D eigenvalue weighted by Gasteiger charge is -2.35. The van der Waals surface area contributed by atoms with Gasteiger partial charge in [-0.1, -0.05) is 41.5 Å². The molecule has 1 aromatic rings. The fourth-order valence-corrected chi connectivity index (χ4v) is 3.48. The maximum Gasteiger partial charge on any atom is 0.328 e. The predicted octanol–water partition coefficient (Wildman–Crippen LogP) is 5.26. The van der Waals surface area contributed by atoms with Crippen LogP contribution in [0.1, 0.15) is 52.7 Å². The number of carboxylic acids is 1. The quantitative estimate of drug-likeness (QED) is 0.542. The highest BCUT2D eigenvalue weighted by atomic mass is 16.4. The first kappa shape index (κ1) is 19.7. The van der Waals surface area contributed by atoms with Gasteiger partial charge >= 0.3 is 5.97 Å². The van der Waals surface area contributed by atoms with Gasteiger partial charge in [-0.25, -0.2) is 9.78 Å². The van der Waals surface area contributed by atoms with Crippen molar-refractivity contribution in [3.05, 3.63) is 77.0 Å². The van der Waals surface area contributed by atoms with Crippen LogP contribution in [-0.2, 0) is 10.2 Å². The zero-order valence-electron chi connectivity index (χ0n) is 16.0. The van der Waals surface area contributed by atoms with E-state index in [1.165, 1.54) is 23.6 Å². The van der Waals surface area contributed by atoms with E-state index in [1.54, 1.807) is 19.3 Å². The number of H-pyrrole nitrogens is 1. The number of nitrogens with zero attached hydrogens (tertiary/aromatic N) is 1. The Morgan fingerprint density at radius 3 is 2.73 bits per heavy atom. The Hall–Kier alpha value is -2.62. The van der Waals surface area contributed by atoms with Crippen LogP contribution in [0.25, 0.3) is 0 Å². The Morgan fingerprint density at radius 1 is 1.31 bits per heavy atom. The SMILES string of the molecule is CC1=C(/C=C/C(C)=C/C=C/C(C)=C/C(=O)O)[C@@](C)(c2cnc[nH]2)CCC1. The summed E-state index contributed by atoms with van der Waals surface area (Å²) in [6, 6.07) is 0. The average Bonchev–Trinajstić information content (AvgIpc) is 3.09. The molecule has 0 radical (unpaired) electrons. The van der Waals surface area contributed by atoms with Gasteiger partial charge < -0.3 is 10.1 Å². The minimum atomic E-state index is -0.925. The van der Waals surface area contributed by atoms with E-state index >= 15 is 0 Å². The number of hydrogen-bond acceptors (Lipinski definition) is 2. The fraction of sp³-hybridized carbons (Fsp3) is 0.364. The molecule has 0 spiro atoms. The summed E-state index contributed by atoms with van der Waals surface area (Å²) in [7, 11) is 0. The third kappa shape index (κ3) is 4.94. The molecule has 0 aromatic carbocycles. The minimum Gasteiger partial charge on any atom is -0.478 e. The van der Waals surface area contributed by atoms with E-state index in [1.807, 2.05) is 25.3 Å². The molecule has 2 N–H and O–H groups in total. The highest BCUT2D eigenvalue weighted by molar-refractivity contribution is 5.81. The van der Waals surface area contributed by atoms with Crippen LogP contribution in [0.3, 0.4) is 0 Å². The van der Waals surface area contributed by atoms with Gasteiger partial charge in [-0.15, -0.1) is 0 Å². The van der Waals surface area contributed by atoms with E-state index in [-0.39, 0.29) is 5.41 Å². The molecule has 0 amide bonds. The van der Waals surface area contributed by atoms with Crippen LogP contribution >= 0.6 is 0 Å². The van der Waals surface area contributed by atoms with Crippen molar-refractivity contribution in [2.45, 2.75) is 52.4 Å². The van der Waals surface area contributed by atoms with Gasteiger partial charge in [0.1, 0.15) is 0 Å². The van der Waals surface area contributed by atoms with Crippen LogP contribution in [0.15, 0.2) is 71.3 Å². The van der Waals surface area contributed by atoms with E-state index in [2.05, 4.69) is 36.0 Å². The first-order chi connectivity index (χ1) is 12.3. The molecule has 2 rings (SSSR count). The lowest BCUT2D eigenvalue weighted by Crippen LogP contribution is -2.28. The molecule has 1 aliphatic rings. The van der Waals surface area contributed by atoms with Crippen LogP contribution in [0.4, 0.5) is 0 Å². The molecule has 4 heteroatoms. The van der Waals surface area contributed by atoms with Gasteiger partial charge in [-0.3, -0.25) is 0 Å². The Bertz CT molecular complexity index is 792. The van der Waals surface area contributed by atoms with Crippen molar-refractivity contribution in [3.63, 3.8) is 0 Å². The standard InChI is InChI=1S/C22H28N2O2/c1-16(7-5-8-17(2)13-21(25)26)10-11-19-18(3)9-6-12-22(19,4)20-14-23-15-24-20/h5,7-8,10-11,13-15H,6,9,12H2,1-4H3,(H,23,24)(H,25,26)/b8-5+,11-10+,16-7+,17-13+/t22-/m0/s1. The molecular formula is C22H28N2O2. The van der Waals surface area contributed by atoms with Crippen LogP contribution in [0.2, 0.25) is 0 Å². The van der Waals surface area contributed by atoms with E-state index < -0.39 is 5.97 Å². The van der Waals surface area contributed by atoms with Gasteiger partial charge in [0.05, 0.1) is 6.33 Å². The summed E-state index contributed by atoms with van der Waals surface area (Å²) >= 11 is 0. The smallest absolute Gasteiger partial charge is 0.328 e. The molecule has 0 saturated heterocycles. The average molecular weight is 352 g/mol. The van der Waals surface area contributed by atoms with Crippen LogP contribution < -0.4 is 0 Å². The summed E-state index contributed by atoms with van der Waals surface area (Å²) in [6.07, 6.45) is 18.3. The van der Waals surface area contributed by atoms with E-state index in [4.69, 9.17) is 5.11 Å². The minimum absolute atomic E-state index is 0.0355. The molecular weight excluding hydrogens is 324 g/mol. The van der Waals surface area contributed by atoms with Gasteiger partial charge in [-0.05, 0) is 58.1 Å². The van der Waals surface area contributed by atoms with Crippen molar-refractivity contribution in [2.75, 3.05) is 0 Å². The van der Waals surface area contributed by atoms with E-state index in [0.717, 1.165) is 24.1 Å². The molecule has 0 bridgehead atoms. The van der Waals surface area contributed by atoms with Gasteiger partial charge in [0.2, 0.25) is 0 Å². The molecule has 0 fully saturated rings. The lowest BCUT2D eigenvalue weighted by molar-refractivity contribution is -0.131. The number of aliphatic carboxylic acids is 1. The Labute approximate surface area is 155 Å². The van der Waals surface area contributed by atoms with Crippen molar-refractivity contribution in [1.82, 2.24) is 9.97 Å². The molecule has 0 aliphatic heterocycles. The molecule has 1 atom stereocenters. The first-order valence-corrected chi connectivity index (χ1v) is 8.96.